The zero-order chi connectivity index (χ0) is 8.97. The highest BCUT2D eigenvalue weighted by molar-refractivity contribution is 4.86. The molecule has 0 amide bonds. The van der Waals surface area contributed by atoms with Crippen molar-refractivity contribution in [3.8, 4) is 0 Å². The van der Waals surface area contributed by atoms with E-state index in [1.165, 1.54) is 25.9 Å². The van der Waals surface area contributed by atoms with Crippen LogP contribution in [0, 0.1) is 12.3 Å². The van der Waals surface area contributed by atoms with Crippen LogP contribution in [0.4, 0.5) is 0 Å². The van der Waals surface area contributed by atoms with Crippen LogP contribution in [0.25, 0.3) is 0 Å². The van der Waals surface area contributed by atoms with Gasteiger partial charge in [0.05, 0.1) is 0 Å². The smallest absolute Gasteiger partial charge is 0.0221 e. The number of hydrogen-bond donors (Lipinski definition) is 1. The fourth-order valence-corrected chi connectivity index (χ4v) is 1.85. The number of nitrogens with zero attached hydrogens (tertiary/aromatic N) is 1. The molecule has 0 bridgehead atoms. The van der Waals surface area contributed by atoms with Crippen LogP contribution in [0.2, 0.25) is 0 Å². The third-order valence-corrected chi connectivity index (χ3v) is 2.45. The summed E-state index contributed by atoms with van der Waals surface area (Å²) in [6, 6.07) is 0.612. The van der Waals surface area contributed by atoms with Gasteiger partial charge in [-0.2, -0.15) is 0 Å². The lowest BCUT2D eigenvalue weighted by molar-refractivity contribution is 0.157. The number of likely N-dealkylation sites (tertiary alicyclic amines) is 1. The Kier molecular flexibility index (Phi) is 4.02. The van der Waals surface area contributed by atoms with Crippen molar-refractivity contribution < 1.29 is 0 Å². The summed E-state index contributed by atoms with van der Waals surface area (Å²) in [7, 11) is 0. The van der Waals surface area contributed by atoms with E-state index in [2.05, 4.69) is 25.2 Å². The number of piperidine rings is 1. The molecule has 2 heteroatoms. The minimum atomic E-state index is 0.612. The molecule has 1 saturated heterocycles. The Bertz CT molecular complexity index is 123. The second kappa shape index (κ2) is 4.83. The van der Waals surface area contributed by atoms with Crippen LogP contribution in [-0.2, 0) is 0 Å². The van der Waals surface area contributed by atoms with Gasteiger partial charge in [-0.05, 0) is 31.7 Å². The summed E-state index contributed by atoms with van der Waals surface area (Å²) in [5.74, 6) is 0.761. The molecule has 0 aromatic heterocycles. The third kappa shape index (κ3) is 2.76. The van der Waals surface area contributed by atoms with Crippen molar-refractivity contribution in [3.05, 3.63) is 6.42 Å². The first-order valence-electron chi connectivity index (χ1n) is 4.99. The van der Waals surface area contributed by atoms with Gasteiger partial charge < -0.3 is 5.73 Å². The highest BCUT2D eigenvalue weighted by Gasteiger charge is 2.21. The fraction of sp³-hybridized carbons (Fsp3) is 0.900. The molecule has 1 unspecified atom stereocenters. The molecule has 71 valence electrons. The van der Waals surface area contributed by atoms with Gasteiger partial charge in [-0.3, -0.25) is 4.90 Å². The Labute approximate surface area is 76.1 Å². The van der Waals surface area contributed by atoms with Crippen molar-refractivity contribution in [2.75, 3.05) is 19.6 Å². The summed E-state index contributed by atoms with van der Waals surface area (Å²) in [5, 5.41) is 0. The second-order valence-electron chi connectivity index (χ2n) is 4.09. The SMILES string of the molecule is CC(C)CN1CC[CH]CC1CN. The molecule has 0 aliphatic carbocycles. The molecule has 1 atom stereocenters. The maximum absolute atomic E-state index is 5.71. The molecule has 2 N–H and O–H groups in total. The highest BCUT2D eigenvalue weighted by Crippen LogP contribution is 2.16. The molecule has 0 spiro atoms. The van der Waals surface area contributed by atoms with Gasteiger partial charge in [0.15, 0.2) is 0 Å². The van der Waals surface area contributed by atoms with Gasteiger partial charge in [-0.1, -0.05) is 13.8 Å². The Morgan fingerprint density at radius 3 is 2.92 bits per heavy atom. The monoisotopic (exact) mass is 169 g/mol. The van der Waals surface area contributed by atoms with E-state index in [0.717, 1.165) is 12.5 Å². The summed E-state index contributed by atoms with van der Waals surface area (Å²) in [4.78, 5) is 2.53. The van der Waals surface area contributed by atoms with E-state index in [-0.39, 0.29) is 0 Å². The summed E-state index contributed by atoms with van der Waals surface area (Å²) in [6.45, 7) is 7.76. The van der Waals surface area contributed by atoms with Gasteiger partial charge >= 0.3 is 0 Å². The molecule has 1 rings (SSSR count). The van der Waals surface area contributed by atoms with Gasteiger partial charge in [-0.15, -0.1) is 0 Å². The topological polar surface area (TPSA) is 29.3 Å². The van der Waals surface area contributed by atoms with Crippen molar-refractivity contribution in [1.29, 1.82) is 0 Å². The summed E-state index contributed by atoms with van der Waals surface area (Å²) in [6.07, 6.45) is 4.79. The molecule has 1 heterocycles. The first kappa shape index (κ1) is 10.0. The Hall–Kier alpha value is -0.0800. The molecule has 1 aliphatic rings. The lowest BCUT2D eigenvalue weighted by Gasteiger charge is -2.35. The molecule has 1 radical (unpaired) electrons. The van der Waals surface area contributed by atoms with E-state index in [9.17, 15) is 0 Å². The van der Waals surface area contributed by atoms with Gasteiger partial charge in [0.1, 0.15) is 0 Å². The second-order valence-corrected chi connectivity index (χ2v) is 4.09. The molecular weight excluding hydrogens is 148 g/mol. The van der Waals surface area contributed by atoms with Crippen LogP contribution in [0.1, 0.15) is 26.7 Å². The molecular formula is C10H21N2. The molecule has 2 nitrogen and oxygen atoms in total. The highest BCUT2D eigenvalue weighted by atomic mass is 15.2. The van der Waals surface area contributed by atoms with Gasteiger partial charge in [0, 0.05) is 19.1 Å². The Morgan fingerprint density at radius 1 is 1.58 bits per heavy atom. The lowest BCUT2D eigenvalue weighted by Crippen LogP contribution is -2.45. The number of nitrogens with two attached hydrogens (primary N) is 1. The largest absolute Gasteiger partial charge is 0.329 e. The Morgan fingerprint density at radius 2 is 2.33 bits per heavy atom. The average Bonchev–Trinajstić information content (AvgIpc) is 2.04. The Balaban J connectivity index is 2.36. The van der Waals surface area contributed by atoms with Crippen molar-refractivity contribution in [1.82, 2.24) is 4.90 Å². The van der Waals surface area contributed by atoms with Crippen molar-refractivity contribution in [2.24, 2.45) is 11.7 Å². The lowest BCUT2D eigenvalue weighted by atomic mass is 10.0. The molecule has 1 fully saturated rings. The van der Waals surface area contributed by atoms with E-state index in [1.54, 1.807) is 0 Å². The van der Waals surface area contributed by atoms with Crippen LogP contribution < -0.4 is 5.73 Å². The van der Waals surface area contributed by atoms with E-state index in [1.807, 2.05) is 0 Å². The maximum atomic E-state index is 5.71. The van der Waals surface area contributed by atoms with E-state index in [4.69, 9.17) is 5.73 Å². The average molecular weight is 169 g/mol. The molecule has 12 heavy (non-hydrogen) atoms. The molecule has 0 aromatic carbocycles. The van der Waals surface area contributed by atoms with Crippen molar-refractivity contribution in [2.45, 2.75) is 32.7 Å². The molecule has 0 aromatic rings. The van der Waals surface area contributed by atoms with Crippen molar-refractivity contribution >= 4 is 0 Å². The minimum Gasteiger partial charge on any atom is -0.329 e. The summed E-state index contributed by atoms with van der Waals surface area (Å²) < 4.78 is 0. The van der Waals surface area contributed by atoms with Crippen LogP contribution in [0.3, 0.4) is 0 Å². The van der Waals surface area contributed by atoms with Gasteiger partial charge in [-0.25, -0.2) is 0 Å². The quantitative estimate of drug-likeness (QED) is 0.689. The van der Waals surface area contributed by atoms with Gasteiger partial charge in [0.2, 0.25) is 0 Å². The zero-order valence-corrected chi connectivity index (χ0v) is 8.29. The number of hydrogen-bond acceptors (Lipinski definition) is 2. The van der Waals surface area contributed by atoms with Crippen molar-refractivity contribution in [3.63, 3.8) is 0 Å². The molecule has 1 aliphatic heterocycles. The standard InChI is InChI=1S/C10H21N2/c1-9(2)8-12-6-4-3-5-10(12)7-11/h3,9-10H,4-8,11H2,1-2H3. The zero-order valence-electron chi connectivity index (χ0n) is 8.29. The van der Waals surface area contributed by atoms with E-state index < -0.39 is 0 Å². The predicted octanol–water partition coefficient (Wildman–Crippen LogP) is 1.27. The van der Waals surface area contributed by atoms with Gasteiger partial charge in [0.25, 0.3) is 0 Å². The van der Waals surface area contributed by atoms with E-state index in [0.29, 0.717) is 6.04 Å². The minimum absolute atomic E-state index is 0.612. The maximum Gasteiger partial charge on any atom is 0.0221 e. The number of rotatable bonds is 3. The van der Waals surface area contributed by atoms with Crippen LogP contribution >= 0.6 is 0 Å². The first-order chi connectivity index (χ1) is 5.74. The van der Waals surface area contributed by atoms with E-state index >= 15 is 0 Å². The first-order valence-corrected chi connectivity index (χ1v) is 4.99. The van der Waals surface area contributed by atoms with Crippen LogP contribution in [0.15, 0.2) is 0 Å². The van der Waals surface area contributed by atoms with Crippen LogP contribution in [-0.4, -0.2) is 30.6 Å². The third-order valence-electron chi connectivity index (χ3n) is 2.45. The fourth-order valence-electron chi connectivity index (χ4n) is 1.85. The molecule has 0 saturated carbocycles. The predicted molar refractivity (Wildman–Crippen MR) is 52.8 cm³/mol. The normalized spacial score (nSPS) is 26.5. The summed E-state index contributed by atoms with van der Waals surface area (Å²) in [5.41, 5.74) is 5.71. The summed E-state index contributed by atoms with van der Waals surface area (Å²) >= 11 is 0. The van der Waals surface area contributed by atoms with Crippen LogP contribution in [0.5, 0.6) is 0 Å².